The molecule has 2 aliphatic heterocycles. The Labute approximate surface area is 218 Å². The molecule has 1 aliphatic carbocycles. The Kier molecular flexibility index (Phi) is 7.00. The minimum atomic E-state index is -0.157. The molecule has 2 aromatic carbocycles. The van der Waals surface area contributed by atoms with Crippen molar-refractivity contribution in [1.29, 1.82) is 5.41 Å². The molecule has 1 unspecified atom stereocenters. The molecule has 2 heterocycles. The Morgan fingerprint density at radius 2 is 2.06 bits per heavy atom. The highest BCUT2D eigenvalue weighted by Gasteiger charge is 2.27. The molecule has 0 aromatic heterocycles. The quantitative estimate of drug-likeness (QED) is 0.398. The number of allylic oxidation sites excluding steroid dienone is 2. The highest BCUT2D eigenvalue weighted by atomic mass is 35.5. The van der Waals surface area contributed by atoms with Crippen LogP contribution in [0.2, 0.25) is 10.0 Å². The van der Waals surface area contributed by atoms with Gasteiger partial charge in [-0.1, -0.05) is 58.2 Å². The van der Waals surface area contributed by atoms with E-state index in [2.05, 4.69) is 26.8 Å². The van der Waals surface area contributed by atoms with Crippen LogP contribution in [0, 0.1) is 5.41 Å². The summed E-state index contributed by atoms with van der Waals surface area (Å²) < 4.78 is 6.22. The lowest BCUT2D eigenvalue weighted by Crippen LogP contribution is -2.47. The minimum Gasteiger partial charge on any atom is -0.453 e. The molecule has 35 heavy (non-hydrogen) atoms. The van der Waals surface area contributed by atoms with Crippen LogP contribution >= 0.6 is 34.8 Å². The number of aliphatic imine (C=N–C) groups is 1. The van der Waals surface area contributed by atoms with Gasteiger partial charge in [0.25, 0.3) is 0 Å². The van der Waals surface area contributed by atoms with E-state index in [1.807, 2.05) is 30.3 Å². The molecule has 0 bridgehead atoms. The fraction of sp³-hybridized carbons (Fsp3) is 0.240. The van der Waals surface area contributed by atoms with Gasteiger partial charge >= 0.3 is 0 Å². The van der Waals surface area contributed by atoms with Crippen molar-refractivity contribution in [2.45, 2.75) is 31.2 Å². The third kappa shape index (κ3) is 5.99. The molecule has 10 heteroatoms. The first-order valence-electron chi connectivity index (χ1n) is 11.1. The SMILES string of the molecule is N=C(Cl)/C=C1/N=CC(Oc2cccc(C3CC3)c2)=C(C2=NOCC(Cc3ccc(Cl)cc3Cl)N2)N1. The Balaban J connectivity index is 1.41. The molecular weight excluding hydrogens is 509 g/mol. The van der Waals surface area contributed by atoms with Crippen LogP contribution in [0.5, 0.6) is 5.75 Å². The lowest BCUT2D eigenvalue weighted by atomic mass is 10.1. The minimum absolute atomic E-state index is 0.104. The number of amidine groups is 1. The largest absolute Gasteiger partial charge is 0.453 e. The number of nitrogens with one attached hydrogen (secondary N) is 3. The van der Waals surface area contributed by atoms with Crippen molar-refractivity contribution in [3.63, 3.8) is 0 Å². The summed E-state index contributed by atoms with van der Waals surface area (Å²) in [7, 11) is 0. The van der Waals surface area contributed by atoms with Crippen LogP contribution in [0.3, 0.4) is 0 Å². The third-order valence-electron chi connectivity index (χ3n) is 5.71. The van der Waals surface area contributed by atoms with E-state index in [1.54, 1.807) is 12.3 Å². The van der Waals surface area contributed by atoms with Gasteiger partial charge in [0.15, 0.2) is 11.6 Å². The van der Waals surface area contributed by atoms with Gasteiger partial charge in [0.2, 0.25) is 0 Å². The van der Waals surface area contributed by atoms with Crippen molar-refractivity contribution < 1.29 is 9.57 Å². The van der Waals surface area contributed by atoms with E-state index in [1.165, 1.54) is 24.5 Å². The van der Waals surface area contributed by atoms with Crippen molar-refractivity contribution >= 4 is 52.0 Å². The van der Waals surface area contributed by atoms with Crippen LogP contribution in [-0.4, -0.2) is 29.9 Å². The number of nitrogens with zero attached hydrogens (tertiary/aromatic N) is 2. The maximum Gasteiger partial charge on any atom is 0.193 e. The standard InChI is InChI=1S/C25H22Cl3N5O2/c26-17-7-6-16(20(27)10-17)8-18-13-34-33-25(31-18)24-21(12-30-23(32-24)11-22(28)29)35-19-3-1-2-15(9-19)14-4-5-14/h1-3,6-7,9-12,14,18,29,32H,4-5,8,13H2,(H,31,33)/b23-11-,29-22?. The first-order valence-corrected chi connectivity index (χ1v) is 12.3. The van der Waals surface area contributed by atoms with Crippen molar-refractivity contribution in [3.8, 4) is 5.75 Å². The van der Waals surface area contributed by atoms with Gasteiger partial charge in [-0.05, 0) is 60.6 Å². The average Bonchev–Trinajstić information content (AvgIpc) is 3.68. The van der Waals surface area contributed by atoms with E-state index >= 15 is 0 Å². The van der Waals surface area contributed by atoms with Gasteiger partial charge in [0, 0.05) is 16.1 Å². The molecule has 7 nitrogen and oxygen atoms in total. The summed E-state index contributed by atoms with van der Waals surface area (Å²) >= 11 is 18.2. The van der Waals surface area contributed by atoms with E-state index in [9.17, 15) is 0 Å². The van der Waals surface area contributed by atoms with Gasteiger partial charge in [0.05, 0.1) is 12.3 Å². The van der Waals surface area contributed by atoms with E-state index in [0.717, 1.165) is 5.56 Å². The summed E-state index contributed by atoms with van der Waals surface area (Å²) in [5.41, 5.74) is 2.72. The van der Waals surface area contributed by atoms with E-state index in [-0.39, 0.29) is 11.2 Å². The number of rotatable bonds is 7. The van der Waals surface area contributed by atoms with Crippen LogP contribution in [0.15, 0.2) is 76.0 Å². The normalized spacial score (nSPS) is 20.6. The maximum atomic E-state index is 7.57. The molecule has 0 saturated heterocycles. The Morgan fingerprint density at radius 3 is 2.83 bits per heavy atom. The molecule has 0 radical (unpaired) electrons. The zero-order valence-corrected chi connectivity index (χ0v) is 20.8. The van der Waals surface area contributed by atoms with Gasteiger partial charge in [-0.25, -0.2) is 4.99 Å². The highest BCUT2D eigenvalue weighted by Crippen LogP contribution is 2.41. The monoisotopic (exact) mass is 529 g/mol. The van der Waals surface area contributed by atoms with E-state index < -0.39 is 0 Å². The molecule has 1 fully saturated rings. The third-order valence-corrected chi connectivity index (χ3v) is 6.41. The summed E-state index contributed by atoms with van der Waals surface area (Å²) in [5.74, 6) is 2.59. The molecule has 3 N–H and O–H groups in total. The second-order valence-electron chi connectivity index (χ2n) is 8.47. The van der Waals surface area contributed by atoms with Crippen molar-refractivity contribution in [2.75, 3.05) is 6.61 Å². The summed E-state index contributed by atoms with van der Waals surface area (Å²) in [4.78, 5) is 9.88. The second-order valence-corrected chi connectivity index (χ2v) is 9.72. The number of hydrogen-bond acceptors (Lipinski definition) is 7. The summed E-state index contributed by atoms with van der Waals surface area (Å²) in [6, 6.07) is 13.4. The van der Waals surface area contributed by atoms with Crippen LogP contribution in [0.4, 0.5) is 0 Å². The average molecular weight is 531 g/mol. The van der Waals surface area contributed by atoms with Crippen LogP contribution in [0.1, 0.15) is 29.9 Å². The van der Waals surface area contributed by atoms with Crippen LogP contribution < -0.4 is 15.4 Å². The topological polar surface area (TPSA) is 91.1 Å². The fourth-order valence-electron chi connectivity index (χ4n) is 3.87. The molecule has 1 atom stereocenters. The zero-order valence-electron chi connectivity index (χ0n) is 18.5. The predicted octanol–water partition coefficient (Wildman–Crippen LogP) is 5.74. The van der Waals surface area contributed by atoms with Crippen molar-refractivity contribution in [3.05, 3.63) is 87.0 Å². The lowest BCUT2D eigenvalue weighted by molar-refractivity contribution is 0.109. The Morgan fingerprint density at radius 1 is 1.20 bits per heavy atom. The molecule has 1 saturated carbocycles. The zero-order chi connectivity index (χ0) is 24.4. The van der Waals surface area contributed by atoms with Gasteiger partial charge in [-0.2, -0.15) is 0 Å². The van der Waals surface area contributed by atoms with Crippen molar-refractivity contribution in [1.82, 2.24) is 10.6 Å². The fourth-order valence-corrected chi connectivity index (χ4v) is 4.46. The Hall–Kier alpha value is -3.00. The second kappa shape index (κ2) is 10.3. The Bertz CT molecular complexity index is 1280. The maximum absolute atomic E-state index is 7.57. The predicted molar refractivity (Wildman–Crippen MR) is 140 cm³/mol. The van der Waals surface area contributed by atoms with Gasteiger partial charge in [-0.3, -0.25) is 5.41 Å². The van der Waals surface area contributed by atoms with E-state index in [4.69, 9.17) is 49.8 Å². The summed E-state index contributed by atoms with van der Waals surface area (Å²) in [6.07, 6.45) is 5.99. The summed E-state index contributed by atoms with van der Waals surface area (Å²) in [5, 5.41) is 19.4. The van der Waals surface area contributed by atoms with Gasteiger partial charge < -0.3 is 20.2 Å². The highest BCUT2D eigenvalue weighted by molar-refractivity contribution is 6.67. The number of hydrogen-bond donors (Lipinski definition) is 3. The molecule has 0 amide bonds. The van der Waals surface area contributed by atoms with Crippen LogP contribution in [-0.2, 0) is 11.3 Å². The molecular formula is C25H22Cl3N5O2. The van der Waals surface area contributed by atoms with Gasteiger partial charge in [-0.15, -0.1) is 0 Å². The smallest absolute Gasteiger partial charge is 0.193 e. The van der Waals surface area contributed by atoms with E-state index in [0.29, 0.717) is 57.9 Å². The molecule has 5 rings (SSSR count). The van der Waals surface area contributed by atoms with Crippen molar-refractivity contribution in [2.24, 2.45) is 10.1 Å². The van der Waals surface area contributed by atoms with Crippen LogP contribution in [0.25, 0.3) is 0 Å². The molecule has 3 aliphatic rings. The number of ether oxygens (including phenoxy) is 1. The molecule has 0 spiro atoms. The molecule has 2 aromatic rings. The summed E-state index contributed by atoms with van der Waals surface area (Å²) in [6.45, 7) is 0.360. The number of halogens is 3. The molecule has 180 valence electrons. The number of benzene rings is 2. The first-order chi connectivity index (χ1) is 16.9. The van der Waals surface area contributed by atoms with Gasteiger partial charge in [0.1, 0.15) is 29.0 Å². The number of oxime groups is 1. The first kappa shape index (κ1) is 23.7. The lowest BCUT2D eigenvalue weighted by Gasteiger charge is -2.28.